The zero-order valence-corrected chi connectivity index (χ0v) is 11.8. The lowest BCUT2D eigenvalue weighted by Gasteiger charge is -2.12. The van der Waals surface area contributed by atoms with Crippen LogP contribution in [0.15, 0.2) is 30.5 Å². The zero-order chi connectivity index (χ0) is 14.0. The van der Waals surface area contributed by atoms with Gasteiger partial charge in [0.05, 0.1) is 12.7 Å². The number of nitrogens with zero attached hydrogens (tertiary/aromatic N) is 2. The summed E-state index contributed by atoms with van der Waals surface area (Å²) >= 11 is 3.06. The fourth-order valence-corrected chi connectivity index (χ4v) is 2.25. The van der Waals surface area contributed by atoms with E-state index >= 15 is 0 Å². The molecule has 0 saturated carbocycles. The molecule has 0 unspecified atom stereocenters. The van der Waals surface area contributed by atoms with Gasteiger partial charge in [0.1, 0.15) is 5.69 Å². The van der Waals surface area contributed by atoms with Crippen LogP contribution in [0.1, 0.15) is 22.4 Å². The second-order valence-corrected chi connectivity index (χ2v) is 4.85. The summed E-state index contributed by atoms with van der Waals surface area (Å²) in [7, 11) is 0. The van der Waals surface area contributed by atoms with E-state index in [2.05, 4.69) is 21.0 Å². The fourth-order valence-electron chi connectivity index (χ4n) is 1.84. The number of hydrogen-bond acceptors (Lipinski definition) is 1. The van der Waals surface area contributed by atoms with Gasteiger partial charge in [0.25, 0.3) is 0 Å². The van der Waals surface area contributed by atoms with Crippen LogP contribution in [0.3, 0.4) is 0 Å². The number of halogens is 4. The molecule has 0 aliphatic carbocycles. The number of benzene rings is 1. The molecule has 2 nitrogen and oxygen atoms in total. The first kappa shape index (κ1) is 14.1. The Balaban J connectivity index is 2.35. The number of rotatable bonds is 3. The quantitative estimate of drug-likeness (QED) is 0.772. The molecular weight excluding hydrogens is 321 g/mol. The third-order valence-corrected chi connectivity index (χ3v) is 3.38. The molecular formula is C13H12BrF3N2. The predicted octanol–water partition coefficient (Wildman–Crippen LogP) is 4.15. The van der Waals surface area contributed by atoms with Crippen molar-refractivity contribution < 1.29 is 13.2 Å². The second-order valence-electron chi connectivity index (χ2n) is 4.29. The summed E-state index contributed by atoms with van der Waals surface area (Å²) < 4.78 is 40.0. The second kappa shape index (κ2) is 5.36. The molecule has 1 aromatic heterocycles. The van der Waals surface area contributed by atoms with Gasteiger partial charge in [-0.2, -0.15) is 18.3 Å². The molecule has 0 bridgehead atoms. The Labute approximate surface area is 117 Å². The van der Waals surface area contributed by atoms with Gasteiger partial charge >= 0.3 is 6.18 Å². The normalized spacial score (nSPS) is 11.8. The van der Waals surface area contributed by atoms with Crippen LogP contribution in [0, 0.1) is 6.92 Å². The lowest BCUT2D eigenvalue weighted by atomic mass is 10.1. The van der Waals surface area contributed by atoms with Gasteiger partial charge in [0.2, 0.25) is 0 Å². The van der Waals surface area contributed by atoms with E-state index in [1.54, 1.807) is 0 Å². The Morgan fingerprint density at radius 1 is 1.21 bits per heavy atom. The molecule has 19 heavy (non-hydrogen) atoms. The Morgan fingerprint density at radius 2 is 1.84 bits per heavy atom. The van der Waals surface area contributed by atoms with E-state index in [0.29, 0.717) is 0 Å². The minimum atomic E-state index is -4.40. The summed E-state index contributed by atoms with van der Waals surface area (Å²) in [6, 6.07) is 7.37. The largest absolute Gasteiger partial charge is 0.433 e. The monoisotopic (exact) mass is 332 g/mol. The smallest absolute Gasteiger partial charge is 0.256 e. The van der Waals surface area contributed by atoms with E-state index in [9.17, 15) is 13.2 Å². The maximum absolute atomic E-state index is 13.0. The van der Waals surface area contributed by atoms with Crippen LogP contribution in [-0.2, 0) is 18.1 Å². The van der Waals surface area contributed by atoms with E-state index in [4.69, 9.17) is 0 Å². The molecule has 6 heteroatoms. The van der Waals surface area contributed by atoms with Gasteiger partial charge < -0.3 is 0 Å². The Kier molecular flexibility index (Phi) is 3.99. The first-order valence-corrected chi connectivity index (χ1v) is 6.77. The van der Waals surface area contributed by atoms with Crippen molar-refractivity contribution in [3.05, 3.63) is 52.8 Å². The van der Waals surface area contributed by atoms with Crippen LogP contribution in [0.25, 0.3) is 0 Å². The van der Waals surface area contributed by atoms with Crippen molar-refractivity contribution in [1.82, 2.24) is 9.78 Å². The average Bonchev–Trinajstić information content (AvgIpc) is 2.75. The minimum absolute atomic E-state index is 0.113. The lowest BCUT2D eigenvalue weighted by molar-refractivity contribution is -0.144. The van der Waals surface area contributed by atoms with Crippen LogP contribution >= 0.6 is 15.9 Å². The molecule has 0 amide bonds. The standard InChI is InChI=1S/C13H12BrF3N2/c1-9-2-4-10(5-3-9)8-19-12(13(15,16)17)11(6-14)7-18-19/h2-5,7H,6,8H2,1H3. The number of aryl methyl sites for hydroxylation is 1. The summed E-state index contributed by atoms with van der Waals surface area (Å²) in [5, 5.41) is 3.97. The van der Waals surface area contributed by atoms with E-state index in [-0.39, 0.29) is 17.4 Å². The highest BCUT2D eigenvalue weighted by molar-refractivity contribution is 9.08. The highest BCUT2D eigenvalue weighted by Crippen LogP contribution is 2.33. The van der Waals surface area contributed by atoms with Gasteiger partial charge in [-0.3, -0.25) is 4.68 Å². The van der Waals surface area contributed by atoms with Crippen molar-refractivity contribution in [3.8, 4) is 0 Å². The number of alkyl halides is 4. The molecule has 0 fully saturated rings. The third-order valence-electron chi connectivity index (χ3n) is 2.78. The molecule has 1 aromatic carbocycles. The minimum Gasteiger partial charge on any atom is -0.256 e. The summed E-state index contributed by atoms with van der Waals surface area (Å²) in [6.07, 6.45) is -3.14. The van der Waals surface area contributed by atoms with Crippen LogP contribution in [0.2, 0.25) is 0 Å². The zero-order valence-electron chi connectivity index (χ0n) is 10.2. The van der Waals surface area contributed by atoms with Crippen LogP contribution in [0.5, 0.6) is 0 Å². The first-order chi connectivity index (χ1) is 8.91. The van der Waals surface area contributed by atoms with Gasteiger partial charge in [-0.25, -0.2) is 0 Å². The Hall–Kier alpha value is -1.30. The van der Waals surface area contributed by atoms with E-state index in [1.165, 1.54) is 6.20 Å². The molecule has 0 radical (unpaired) electrons. The molecule has 0 spiro atoms. The topological polar surface area (TPSA) is 17.8 Å². The van der Waals surface area contributed by atoms with Gasteiger partial charge in [-0.15, -0.1) is 0 Å². The molecule has 0 aliphatic rings. The molecule has 0 atom stereocenters. The van der Waals surface area contributed by atoms with Crippen molar-refractivity contribution in [2.75, 3.05) is 0 Å². The molecule has 0 saturated heterocycles. The summed E-state index contributed by atoms with van der Waals surface area (Å²) in [6.45, 7) is 2.05. The highest BCUT2D eigenvalue weighted by atomic mass is 79.9. The molecule has 2 aromatic rings. The number of aromatic nitrogens is 2. The molecule has 2 rings (SSSR count). The molecule has 1 heterocycles. The van der Waals surface area contributed by atoms with Gasteiger partial charge in [-0.05, 0) is 12.5 Å². The van der Waals surface area contributed by atoms with Crippen molar-refractivity contribution in [1.29, 1.82) is 0 Å². The van der Waals surface area contributed by atoms with Gasteiger partial charge in [0, 0.05) is 10.9 Å². The van der Waals surface area contributed by atoms with Crippen molar-refractivity contribution in [3.63, 3.8) is 0 Å². The third kappa shape index (κ3) is 3.18. The maximum atomic E-state index is 13.0. The number of hydrogen-bond donors (Lipinski definition) is 0. The van der Waals surface area contributed by atoms with Crippen molar-refractivity contribution in [2.24, 2.45) is 0 Å². The molecule has 0 N–H and O–H groups in total. The van der Waals surface area contributed by atoms with E-state index in [0.717, 1.165) is 15.8 Å². The maximum Gasteiger partial charge on any atom is 0.433 e. The predicted molar refractivity (Wildman–Crippen MR) is 70.1 cm³/mol. The first-order valence-electron chi connectivity index (χ1n) is 5.65. The van der Waals surface area contributed by atoms with Crippen molar-refractivity contribution >= 4 is 15.9 Å². The Bertz CT molecular complexity index is 558. The van der Waals surface area contributed by atoms with Crippen LogP contribution in [0.4, 0.5) is 13.2 Å². The highest BCUT2D eigenvalue weighted by Gasteiger charge is 2.37. The Morgan fingerprint density at radius 3 is 2.37 bits per heavy atom. The average molecular weight is 333 g/mol. The SMILES string of the molecule is Cc1ccc(Cn2ncc(CBr)c2C(F)(F)F)cc1. The van der Waals surface area contributed by atoms with Crippen LogP contribution in [-0.4, -0.2) is 9.78 Å². The molecule has 102 valence electrons. The van der Waals surface area contributed by atoms with Gasteiger partial charge in [-0.1, -0.05) is 45.8 Å². The van der Waals surface area contributed by atoms with E-state index < -0.39 is 11.9 Å². The van der Waals surface area contributed by atoms with Gasteiger partial charge in [0.15, 0.2) is 0 Å². The molecule has 0 aliphatic heterocycles. The van der Waals surface area contributed by atoms with Crippen molar-refractivity contribution in [2.45, 2.75) is 25.0 Å². The van der Waals surface area contributed by atoms with Crippen LogP contribution < -0.4 is 0 Å². The lowest BCUT2D eigenvalue weighted by Crippen LogP contribution is -2.17. The summed E-state index contributed by atoms with van der Waals surface area (Å²) in [5.74, 6) is 0. The summed E-state index contributed by atoms with van der Waals surface area (Å²) in [5.41, 5.74) is 1.33. The van der Waals surface area contributed by atoms with E-state index in [1.807, 2.05) is 31.2 Å². The fraction of sp³-hybridized carbons (Fsp3) is 0.308. The summed E-state index contributed by atoms with van der Waals surface area (Å²) in [4.78, 5) is 0.